The molecule has 3 rings (SSSR count). The maximum atomic E-state index is 12.6. The number of carbonyl (C=O) groups is 1. The highest BCUT2D eigenvalue weighted by atomic mass is 16.2. The Morgan fingerprint density at radius 2 is 2.09 bits per heavy atom. The van der Waals surface area contributed by atoms with E-state index in [1.807, 2.05) is 36.4 Å². The second-order valence-corrected chi connectivity index (χ2v) is 6.28. The van der Waals surface area contributed by atoms with Crippen molar-refractivity contribution in [1.29, 1.82) is 0 Å². The van der Waals surface area contributed by atoms with Crippen molar-refractivity contribution in [1.82, 2.24) is 29.4 Å². The summed E-state index contributed by atoms with van der Waals surface area (Å²) in [6, 6.07) is 2.10. The Hall–Kier alpha value is -2.18. The summed E-state index contributed by atoms with van der Waals surface area (Å²) in [5.74, 6) is 2.04. The highest BCUT2D eigenvalue weighted by Crippen LogP contribution is 2.19. The molecule has 3 heterocycles. The molecular formula is C16H24N6O. The number of nitrogens with zero attached hydrogens (tertiary/aromatic N) is 6. The normalized spacial score (nSPS) is 15.6. The molecule has 7 nitrogen and oxygen atoms in total. The van der Waals surface area contributed by atoms with Crippen LogP contribution in [-0.4, -0.2) is 41.9 Å². The number of amides is 1. The summed E-state index contributed by atoms with van der Waals surface area (Å²) in [4.78, 5) is 14.5. The van der Waals surface area contributed by atoms with Gasteiger partial charge >= 0.3 is 0 Å². The molecule has 7 heteroatoms. The van der Waals surface area contributed by atoms with Crippen LogP contribution in [0.3, 0.4) is 0 Å². The topological polar surface area (TPSA) is 68.8 Å². The van der Waals surface area contributed by atoms with Crippen LogP contribution in [0.25, 0.3) is 0 Å². The van der Waals surface area contributed by atoms with Gasteiger partial charge in [-0.25, -0.2) is 0 Å². The molecule has 1 aliphatic heterocycles. The van der Waals surface area contributed by atoms with Gasteiger partial charge in [-0.3, -0.25) is 9.48 Å². The zero-order chi connectivity index (χ0) is 16.6. The summed E-state index contributed by atoms with van der Waals surface area (Å²) < 4.78 is 4.07. The molecule has 0 aromatic carbocycles. The number of fused-ring (bicyclic) bond motifs is 1. The van der Waals surface area contributed by atoms with Crippen LogP contribution in [0.15, 0.2) is 6.07 Å². The van der Waals surface area contributed by atoms with Gasteiger partial charge in [-0.1, -0.05) is 6.92 Å². The van der Waals surface area contributed by atoms with E-state index >= 15 is 0 Å². The van der Waals surface area contributed by atoms with Crippen molar-refractivity contribution in [3.8, 4) is 0 Å². The number of rotatable bonds is 4. The van der Waals surface area contributed by atoms with Gasteiger partial charge in [-0.05, 0) is 26.8 Å². The molecule has 124 valence electrons. The summed E-state index contributed by atoms with van der Waals surface area (Å²) in [6.07, 6.45) is 1.33. The van der Waals surface area contributed by atoms with E-state index in [1.54, 1.807) is 0 Å². The molecule has 0 fully saturated rings. The third-order valence-electron chi connectivity index (χ3n) is 4.43. The van der Waals surface area contributed by atoms with Gasteiger partial charge in [0.05, 0.1) is 18.3 Å². The number of aromatic nitrogens is 5. The number of aryl methyl sites for hydroxylation is 3. The van der Waals surface area contributed by atoms with Gasteiger partial charge in [0.15, 0.2) is 5.82 Å². The van der Waals surface area contributed by atoms with E-state index in [2.05, 4.69) is 26.8 Å². The van der Waals surface area contributed by atoms with Crippen LogP contribution in [0.4, 0.5) is 0 Å². The van der Waals surface area contributed by atoms with Gasteiger partial charge in [0.25, 0.3) is 0 Å². The summed E-state index contributed by atoms with van der Waals surface area (Å²) >= 11 is 0. The lowest BCUT2D eigenvalue weighted by atomic mass is 10.2. The molecule has 0 saturated carbocycles. The molecule has 0 saturated heterocycles. The lowest BCUT2D eigenvalue weighted by Crippen LogP contribution is -2.39. The van der Waals surface area contributed by atoms with E-state index in [4.69, 9.17) is 0 Å². The standard InChI is InChI=1S/C16H24N6O/c1-5-14-17-18-15-10-20(6-7-21(14)15)16(23)9-13(4)22-12(3)8-11(2)19-22/h8,13H,5-7,9-10H2,1-4H3/t13-/m1/s1. The maximum absolute atomic E-state index is 12.6. The Morgan fingerprint density at radius 1 is 1.30 bits per heavy atom. The van der Waals surface area contributed by atoms with Crippen LogP contribution >= 0.6 is 0 Å². The van der Waals surface area contributed by atoms with Crippen LogP contribution < -0.4 is 0 Å². The second kappa shape index (κ2) is 6.14. The Morgan fingerprint density at radius 3 is 2.74 bits per heavy atom. The van der Waals surface area contributed by atoms with Gasteiger partial charge < -0.3 is 9.47 Å². The molecule has 0 N–H and O–H groups in total. The molecule has 2 aromatic rings. The van der Waals surface area contributed by atoms with Gasteiger partial charge in [0, 0.05) is 31.6 Å². The average Bonchev–Trinajstić information content (AvgIpc) is 3.08. The first-order chi connectivity index (χ1) is 11.0. The molecule has 1 aliphatic rings. The molecule has 1 atom stereocenters. The minimum Gasteiger partial charge on any atom is -0.333 e. The predicted molar refractivity (Wildman–Crippen MR) is 85.8 cm³/mol. The van der Waals surface area contributed by atoms with Crippen LogP contribution in [-0.2, 0) is 24.3 Å². The third-order valence-corrected chi connectivity index (χ3v) is 4.43. The summed E-state index contributed by atoms with van der Waals surface area (Å²) in [6.45, 7) is 10.2. The number of carbonyl (C=O) groups excluding carboxylic acids is 1. The molecule has 23 heavy (non-hydrogen) atoms. The quantitative estimate of drug-likeness (QED) is 0.860. The molecular weight excluding hydrogens is 292 g/mol. The molecule has 0 unspecified atom stereocenters. The van der Waals surface area contributed by atoms with E-state index in [1.165, 1.54) is 0 Å². The first kappa shape index (κ1) is 15.7. The van der Waals surface area contributed by atoms with Crippen molar-refractivity contribution in [2.45, 2.75) is 59.7 Å². The molecule has 2 aromatic heterocycles. The lowest BCUT2D eigenvalue weighted by Gasteiger charge is -2.29. The van der Waals surface area contributed by atoms with E-state index in [0.29, 0.717) is 13.0 Å². The van der Waals surface area contributed by atoms with Crippen molar-refractivity contribution in [3.63, 3.8) is 0 Å². The number of hydrogen-bond acceptors (Lipinski definition) is 4. The van der Waals surface area contributed by atoms with Gasteiger partial charge in [0.2, 0.25) is 5.91 Å². The first-order valence-corrected chi connectivity index (χ1v) is 8.21. The van der Waals surface area contributed by atoms with Crippen molar-refractivity contribution in [2.75, 3.05) is 6.54 Å². The van der Waals surface area contributed by atoms with Crippen LogP contribution in [0, 0.1) is 13.8 Å². The fourth-order valence-electron chi connectivity index (χ4n) is 3.25. The van der Waals surface area contributed by atoms with Crippen molar-refractivity contribution >= 4 is 5.91 Å². The molecule has 0 spiro atoms. The van der Waals surface area contributed by atoms with E-state index in [0.717, 1.165) is 42.5 Å². The Balaban J connectivity index is 1.66. The highest BCUT2D eigenvalue weighted by Gasteiger charge is 2.25. The molecule has 0 radical (unpaired) electrons. The largest absolute Gasteiger partial charge is 0.333 e. The summed E-state index contributed by atoms with van der Waals surface area (Å²) in [5, 5.41) is 12.9. The van der Waals surface area contributed by atoms with Gasteiger partial charge in [-0.2, -0.15) is 5.10 Å². The molecule has 0 aliphatic carbocycles. The molecule has 0 bridgehead atoms. The minimum absolute atomic E-state index is 0.0576. The van der Waals surface area contributed by atoms with Crippen molar-refractivity contribution in [2.24, 2.45) is 0 Å². The summed E-state index contributed by atoms with van der Waals surface area (Å²) in [5.41, 5.74) is 2.08. The highest BCUT2D eigenvalue weighted by molar-refractivity contribution is 5.76. The van der Waals surface area contributed by atoms with Crippen molar-refractivity contribution < 1.29 is 4.79 Å². The van der Waals surface area contributed by atoms with E-state index < -0.39 is 0 Å². The average molecular weight is 316 g/mol. The Bertz CT molecular complexity index is 716. The van der Waals surface area contributed by atoms with Crippen LogP contribution in [0.1, 0.15) is 49.3 Å². The lowest BCUT2D eigenvalue weighted by molar-refractivity contribution is -0.133. The maximum Gasteiger partial charge on any atom is 0.225 e. The fraction of sp³-hybridized carbons (Fsp3) is 0.625. The van der Waals surface area contributed by atoms with Crippen molar-refractivity contribution in [3.05, 3.63) is 29.1 Å². The van der Waals surface area contributed by atoms with E-state index in [9.17, 15) is 4.79 Å². The smallest absolute Gasteiger partial charge is 0.225 e. The van der Waals surface area contributed by atoms with Crippen LogP contribution in [0.5, 0.6) is 0 Å². The van der Waals surface area contributed by atoms with Gasteiger partial charge in [-0.15, -0.1) is 10.2 Å². The number of hydrogen-bond donors (Lipinski definition) is 0. The summed E-state index contributed by atoms with van der Waals surface area (Å²) in [7, 11) is 0. The zero-order valence-electron chi connectivity index (χ0n) is 14.3. The fourth-order valence-corrected chi connectivity index (χ4v) is 3.25. The third kappa shape index (κ3) is 3.00. The second-order valence-electron chi connectivity index (χ2n) is 6.28. The SMILES string of the molecule is CCc1nnc2n1CCN(C(=O)C[C@@H](C)n1nc(C)cc1C)C2. The zero-order valence-corrected chi connectivity index (χ0v) is 14.3. The van der Waals surface area contributed by atoms with E-state index in [-0.39, 0.29) is 11.9 Å². The first-order valence-electron chi connectivity index (χ1n) is 8.21. The Kier molecular flexibility index (Phi) is 4.19. The monoisotopic (exact) mass is 316 g/mol. The predicted octanol–water partition coefficient (Wildman–Crippen LogP) is 1.65. The van der Waals surface area contributed by atoms with Crippen LogP contribution in [0.2, 0.25) is 0 Å². The molecule has 1 amide bonds. The Labute approximate surface area is 136 Å². The van der Waals surface area contributed by atoms with Gasteiger partial charge in [0.1, 0.15) is 5.82 Å². The minimum atomic E-state index is 0.0576.